The van der Waals surface area contributed by atoms with Crippen LogP contribution in [0.15, 0.2) is 30.2 Å². The van der Waals surface area contributed by atoms with Crippen molar-refractivity contribution < 1.29 is 0 Å². The molecule has 1 fully saturated rings. The second kappa shape index (κ2) is 6.30. The van der Waals surface area contributed by atoms with Crippen molar-refractivity contribution in [3.63, 3.8) is 0 Å². The standard InChI is InChI=1S/C14H20N4S/c1-3-13(10-18-12-15-11-16-18)9-17(6-1)7-5-14-4-2-8-19-14/h2,4,8,11-13H,1,3,5-7,9-10H2/t13-/m1/s1. The molecule has 19 heavy (non-hydrogen) atoms. The smallest absolute Gasteiger partial charge is 0.137 e. The molecule has 5 heteroatoms. The Bertz CT molecular complexity index is 466. The lowest BCUT2D eigenvalue weighted by atomic mass is 9.98. The highest BCUT2D eigenvalue weighted by atomic mass is 32.1. The molecule has 1 saturated heterocycles. The van der Waals surface area contributed by atoms with E-state index in [2.05, 4.69) is 32.5 Å². The van der Waals surface area contributed by atoms with Gasteiger partial charge in [0.25, 0.3) is 0 Å². The van der Waals surface area contributed by atoms with Gasteiger partial charge in [-0.1, -0.05) is 6.07 Å². The summed E-state index contributed by atoms with van der Waals surface area (Å²) < 4.78 is 1.97. The van der Waals surface area contributed by atoms with Crippen LogP contribution in [-0.4, -0.2) is 39.3 Å². The Balaban J connectivity index is 1.47. The van der Waals surface area contributed by atoms with E-state index in [4.69, 9.17) is 0 Å². The molecule has 0 aromatic carbocycles. The number of likely N-dealkylation sites (tertiary alicyclic amines) is 1. The second-order valence-corrected chi connectivity index (χ2v) is 6.29. The van der Waals surface area contributed by atoms with Crippen molar-refractivity contribution in [2.75, 3.05) is 19.6 Å². The van der Waals surface area contributed by atoms with Crippen molar-refractivity contribution >= 4 is 11.3 Å². The monoisotopic (exact) mass is 276 g/mol. The van der Waals surface area contributed by atoms with Gasteiger partial charge in [-0.25, -0.2) is 4.98 Å². The first-order valence-corrected chi connectivity index (χ1v) is 7.85. The number of nitrogens with zero attached hydrogens (tertiary/aromatic N) is 4. The van der Waals surface area contributed by atoms with Crippen molar-refractivity contribution in [1.29, 1.82) is 0 Å². The van der Waals surface area contributed by atoms with Crippen LogP contribution < -0.4 is 0 Å². The van der Waals surface area contributed by atoms with Crippen LogP contribution in [0.5, 0.6) is 0 Å². The molecule has 1 aliphatic heterocycles. The molecule has 1 aliphatic rings. The number of aromatic nitrogens is 3. The molecule has 0 aliphatic carbocycles. The van der Waals surface area contributed by atoms with Gasteiger partial charge < -0.3 is 4.90 Å². The van der Waals surface area contributed by atoms with Gasteiger partial charge in [-0.05, 0) is 43.2 Å². The van der Waals surface area contributed by atoms with E-state index in [1.165, 1.54) is 43.8 Å². The molecule has 0 bridgehead atoms. The van der Waals surface area contributed by atoms with Gasteiger partial charge in [0.2, 0.25) is 0 Å². The van der Waals surface area contributed by atoms with Gasteiger partial charge in [0.15, 0.2) is 0 Å². The summed E-state index contributed by atoms with van der Waals surface area (Å²) in [5.41, 5.74) is 0. The predicted octanol–water partition coefficient (Wildman–Crippen LogP) is 2.29. The Hall–Kier alpha value is -1.20. The summed E-state index contributed by atoms with van der Waals surface area (Å²) in [4.78, 5) is 8.12. The van der Waals surface area contributed by atoms with Crippen LogP contribution in [0.4, 0.5) is 0 Å². The molecule has 0 unspecified atom stereocenters. The fourth-order valence-corrected chi connectivity index (χ4v) is 3.52. The summed E-state index contributed by atoms with van der Waals surface area (Å²) in [6.45, 7) is 4.65. The lowest BCUT2D eigenvalue weighted by Gasteiger charge is -2.32. The molecule has 0 amide bonds. The van der Waals surface area contributed by atoms with E-state index in [-0.39, 0.29) is 0 Å². The molecule has 102 valence electrons. The molecule has 0 radical (unpaired) electrons. The van der Waals surface area contributed by atoms with E-state index in [9.17, 15) is 0 Å². The second-order valence-electron chi connectivity index (χ2n) is 5.26. The Morgan fingerprint density at radius 3 is 3.21 bits per heavy atom. The third kappa shape index (κ3) is 3.64. The van der Waals surface area contributed by atoms with Gasteiger partial charge in [-0.15, -0.1) is 11.3 Å². The molecular weight excluding hydrogens is 256 g/mol. The SMILES string of the molecule is c1csc(CCN2CCC[C@@H](Cn3cncn3)C2)c1. The number of hydrogen-bond acceptors (Lipinski definition) is 4. The molecule has 3 rings (SSSR count). The molecule has 3 heterocycles. The van der Waals surface area contributed by atoms with E-state index in [1.807, 2.05) is 22.3 Å². The lowest BCUT2D eigenvalue weighted by molar-refractivity contribution is 0.161. The molecule has 2 aromatic rings. The summed E-state index contributed by atoms with van der Waals surface area (Å²) in [6.07, 6.45) is 7.26. The maximum atomic E-state index is 4.21. The first-order chi connectivity index (χ1) is 9.40. The topological polar surface area (TPSA) is 34.0 Å². The first-order valence-electron chi connectivity index (χ1n) is 6.97. The fourth-order valence-electron chi connectivity index (χ4n) is 2.82. The number of piperidine rings is 1. The largest absolute Gasteiger partial charge is 0.303 e. The van der Waals surface area contributed by atoms with Gasteiger partial charge in [0.1, 0.15) is 12.7 Å². The van der Waals surface area contributed by atoms with E-state index in [1.54, 1.807) is 6.33 Å². The van der Waals surface area contributed by atoms with Crippen LogP contribution in [0.25, 0.3) is 0 Å². The summed E-state index contributed by atoms with van der Waals surface area (Å²) in [5, 5.41) is 6.38. The molecular formula is C14H20N4S. The summed E-state index contributed by atoms with van der Waals surface area (Å²) >= 11 is 1.87. The van der Waals surface area contributed by atoms with Gasteiger partial charge >= 0.3 is 0 Å². The fraction of sp³-hybridized carbons (Fsp3) is 0.571. The highest BCUT2D eigenvalue weighted by Crippen LogP contribution is 2.19. The molecule has 0 spiro atoms. The average molecular weight is 276 g/mol. The molecule has 0 N–H and O–H groups in total. The molecule has 4 nitrogen and oxygen atoms in total. The van der Waals surface area contributed by atoms with Gasteiger partial charge in [-0.2, -0.15) is 5.10 Å². The van der Waals surface area contributed by atoms with E-state index in [0.717, 1.165) is 12.5 Å². The van der Waals surface area contributed by atoms with Crippen LogP contribution in [-0.2, 0) is 13.0 Å². The van der Waals surface area contributed by atoms with Crippen LogP contribution in [0, 0.1) is 5.92 Å². The first kappa shape index (κ1) is 12.8. The zero-order valence-corrected chi connectivity index (χ0v) is 11.9. The third-order valence-corrected chi connectivity index (χ3v) is 4.71. The van der Waals surface area contributed by atoms with Crippen molar-refractivity contribution in [1.82, 2.24) is 19.7 Å². The average Bonchev–Trinajstić information content (AvgIpc) is 3.10. The summed E-state index contributed by atoms with van der Waals surface area (Å²) in [5.74, 6) is 0.721. The van der Waals surface area contributed by atoms with Crippen molar-refractivity contribution in [2.45, 2.75) is 25.8 Å². The number of rotatable bonds is 5. The van der Waals surface area contributed by atoms with Crippen LogP contribution in [0.3, 0.4) is 0 Å². The molecule has 1 atom stereocenters. The van der Waals surface area contributed by atoms with Crippen molar-refractivity contribution in [3.8, 4) is 0 Å². The lowest BCUT2D eigenvalue weighted by Crippen LogP contribution is -2.38. The Morgan fingerprint density at radius 2 is 2.42 bits per heavy atom. The zero-order chi connectivity index (χ0) is 12.9. The normalized spacial score (nSPS) is 20.7. The highest BCUT2D eigenvalue weighted by Gasteiger charge is 2.20. The van der Waals surface area contributed by atoms with E-state index in [0.29, 0.717) is 0 Å². The van der Waals surface area contributed by atoms with Crippen molar-refractivity contribution in [2.24, 2.45) is 5.92 Å². The maximum absolute atomic E-state index is 4.21. The van der Waals surface area contributed by atoms with Crippen LogP contribution in [0.2, 0.25) is 0 Å². The number of hydrogen-bond donors (Lipinski definition) is 0. The maximum Gasteiger partial charge on any atom is 0.137 e. The number of thiophene rings is 1. The minimum atomic E-state index is 0.721. The van der Waals surface area contributed by atoms with Gasteiger partial charge in [0, 0.05) is 24.5 Å². The minimum absolute atomic E-state index is 0.721. The van der Waals surface area contributed by atoms with E-state index < -0.39 is 0 Å². The van der Waals surface area contributed by atoms with E-state index >= 15 is 0 Å². The Kier molecular flexibility index (Phi) is 4.25. The molecule has 2 aromatic heterocycles. The van der Waals surface area contributed by atoms with Crippen LogP contribution >= 0.6 is 11.3 Å². The quantitative estimate of drug-likeness (QED) is 0.840. The summed E-state index contributed by atoms with van der Waals surface area (Å²) in [6, 6.07) is 4.38. The zero-order valence-electron chi connectivity index (χ0n) is 11.1. The highest BCUT2D eigenvalue weighted by molar-refractivity contribution is 7.09. The van der Waals surface area contributed by atoms with Crippen LogP contribution in [0.1, 0.15) is 17.7 Å². The molecule has 0 saturated carbocycles. The predicted molar refractivity (Wildman–Crippen MR) is 77.2 cm³/mol. The third-order valence-electron chi connectivity index (χ3n) is 3.77. The van der Waals surface area contributed by atoms with Crippen molar-refractivity contribution in [3.05, 3.63) is 35.0 Å². The minimum Gasteiger partial charge on any atom is -0.303 e. The Morgan fingerprint density at radius 1 is 1.42 bits per heavy atom. The van der Waals surface area contributed by atoms with Gasteiger partial charge in [-0.3, -0.25) is 4.68 Å². The van der Waals surface area contributed by atoms with Gasteiger partial charge in [0.05, 0.1) is 0 Å². The Labute approximate surface area is 118 Å². The summed E-state index contributed by atoms with van der Waals surface area (Å²) in [7, 11) is 0.